The number of fused-ring (bicyclic) bond motifs is 1. The van der Waals surface area contributed by atoms with Gasteiger partial charge in [-0.15, -0.1) is 5.10 Å². The Balaban J connectivity index is 1.70. The predicted molar refractivity (Wildman–Crippen MR) is 101 cm³/mol. The zero-order chi connectivity index (χ0) is 17.4. The maximum absolute atomic E-state index is 13.3. The number of halogens is 1. The number of carbonyl (C=O) groups excluding carboxylic acids is 1. The van der Waals surface area contributed by atoms with Crippen LogP contribution in [0.2, 0.25) is 0 Å². The topological polar surface area (TPSA) is 49.3 Å². The van der Waals surface area contributed by atoms with Crippen LogP contribution in [-0.4, -0.2) is 40.1 Å². The average Bonchev–Trinajstić information content (AvgIpc) is 3.00. The number of carbonyl (C=O) groups is 1. The van der Waals surface area contributed by atoms with Gasteiger partial charge in [0.15, 0.2) is 5.82 Å². The lowest BCUT2D eigenvalue weighted by atomic mass is 9.99. The van der Waals surface area contributed by atoms with Crippen LogP contribution in [0, 0.1) is 5.92 Å². The fraction of sp³-hybridized carbons (Fsp3) is 0.421. The van der Waals surface area contributed by atoms with E-state index in [1.807, 2.05) is 23.1 Å². The number of aromatic nitrogens is 2. The third-order valence-corrected chi connectivity index (χ3v) is 5.58. The van der Waals surface area contributed by atoms with Gasteiger partial charge in [0.1, 0.15) is 6.04 Å². The van der Waals surface area contributed by atoms with E-state index in [0.717, 1.165) is 35.5 Å². The van der Waals surface area contributed by atoms with Crippen molar-refractivity contribution in [2.75, 3.05) is 18.0 Å². The lowest BCUT2D eigenvalue weighted by Crippen LogP contribution is -2.49. The first kappa shape index (κ1) is 16.5. The number of hydrogen-bond acceptors (Lipinski definition) is 4. The van der Waals surface area contributed by atoms with Gasteiger partial charge in [0.05, 0.1) is 0 Å². The normalized spacial score (nSPS) is 22.8. The Bertz CT molecular complexity index is 782. The molecule has 2 unspecified atom stereocenters. The van der Waals surface area contributed by atoms with Gasteiger partial charge in [0.2, 0.25) is 5.91 Å². The summed E-state index contributed by atoms with van der Waals surface area (Å²) < 4.78 is 1.03. The van der Waals surface area contributed by atoms with Crippen LogP contribution in [0.1, 0.15) is 25.3 Å². The van der Waals surface area contributed by atoms with Crippen molar-refractivity contribution in [1.29, 1.82) is 0 Å². The van der Waals surface area contributed by atoms with E-state index in [-0.39, 0.29) is 11.9 Å². The first-order chi connectivity index (χ1) is 12.1. The molecule has 0 spiro atoms. The van der Waals surface area contributed by atoms with Gasteiger partial charge in [-0.3, -0.25) is 4.79 Å². The smallest absolute Gasteiger partial charge is 0.246 e. The molecule has 2 aromatic rings. The molecule has 2 aliphatic rings. The van der Waals surface area contributed by atoms with Gasteiger partial charge in [-0.2, -0.15) is 5.10 Å². The summed E-state index contributed by atoms with van der Waals surface area (Å²) in [4.78, 5) is 17.4. The van der Waals surface area contributed by atoms with Crippen LogP contribution < -0.4 is 4.90 Å². The zero-order valence-electron chi connectivity index (χ0n) is 14.2. The van der Waals surface area contributed by atoms with Crippen LogP contribution in [-0.2, 0) is 11.2 Å². The molecule has 1 amide bonds. The van der Waals surface area contributed by atoms with Gasteiger partial charge < -0.3 is 9.80 Å². The second-order valence-corrected chi connectivity index (χ2v) is 7.89. The Morgan fingerprint density at radius 3 is 2.96 bits per heavy atom. The van der Waals surface area contributed by atoms with Gasteiger partial charge in [0.25, 0.3) is 0 Å². The lowest BCUT2D eigenvalue weighted by molar-refractivity contribution is -0.134. The van der Waals surface area contributed by atoms with Crippen LogP contribution in [0.15, 0.2) is 41.0 Å². The Hall–Kier alpha value is -1.95. The van der Waals surface area contributed by atoms with Crippen molar-refractivity contribution >= 4 is 33.3 Å². The number of likely N-dealkylation sites (tertiary alicyclic amines) is 1. The Morgan fingerprint density at radius 1 is 1.32 bits per heavy atom. The molecule has 1 fully saturated rings. The minimum absolute atomic E-state index is 0.199. The molecule has 0 bridgehead atoms. The van der Waals surface area contributed by atoms with Crippen LogP contribution in [0.25, 0.3) is 0 Å². The summed E-state index contributed by atoms with van der Waals surface area (Å²) in [5.74, 6) is 1.50. The van der Waals surface area contributed by atoms with Crippen molar-refractivity contribution < 1.29 is 4.79 Å². The molecule has 1 aromatic carbocycles. The van der Waals surface area contributed by atoms with Crippen LogP contribution in [0.4, 0.5) is 11.5 Å². The van der Waals surface area contributed by atoms with Crippen molar-refractivity contribution in [2.45, 2.75) is 32.2 Å². The highest BCUT2D eigenvalue weighted by Crippen LogP contribution is 2.39. The molecular weight excluding hydrogens is 380 g/mol. The molecule has 0 aliphatic carbocycles. The molecule has 6 heteroatoms. The summed E-state index contributed by atoms with van der Waals surface area (Å²) in [6.45, 7) is 3.93. The van der Waals surface area contributed by atoms with Crippen molar-refractivity contribution in [3.63, 3.8) is 0 Å². The second-order valence-electron chi connectivity index (χ2n) is 6.98. The molecule has 0 radical (unpaired) electrons. The lowest BCUT2D eigenvalue weighted by Gasteiger charge is -2.35. The molecule has 0 saturated carbocycles. The Kier molecular flexibility index (Phi) is 4.46. The average molecular weight is 401 g/mol. The molecule has 5 nitrogen and oxygen atoms in total. The third-order valence-electron chi connectivity index (χ3n) is 5.08. The van der Waals surface area contributed by atoms with E-state index in [1.54, 1.807) is 6.20 Å². The standard InChI is InChI=1S/C19H21BrN4O/c1-13-4-3-9-23(12-13)19(25)17-11-14-10-15(20)6-7-16(14)24(17)18-5-2-8-21-22-18/h2,5-8,10,13,17H,3-4,9,11-12H2,1H3. The molecule has 25 heavy (non-hydrogen) atoms. The molecular formula is C19H21BrN4O. The van der Waals surface area contributed by atoms with Crippen LogP contribution >= 0.6 is 15.9 Å². The maximum atomic E-state index is 13.3. The fourth-order valence-electron chi connectivity index (χ4n) is 3.92. The summed E-state index contributed by atoms with van der Waals surface area (Å²) in [7, 11) is 0. The fourth-order valence-corrected chi connectivity index (χ4v) is 4.33. The molecule has 3 heterocycles. The first-order valence-electron chi connectivity index (χ1n) is 8.77. The summed E-state index contributed by atoms with van der Waals surface area (Å²) in [5.41, 5.74) is 2.22. The summed E-state index contributed by atoms with van der Waals surface area (Å²) in [6, 6.07) is 9.71. The van der Waals surface area contributed by atoms with Crippen molar-refractivity contribution in [3.8, 4) is 0 Å². The van der Waals surface area contributed by atoms with Crippen LogP contribution in [0.3, 0.4) is 0 Å². The molecule has 130 valence electrons. The summed E-state index contributed by atoms with van der Waals surface area (Å²) >= 11 is 3.54. The third kappa shape index (κ3) is 3.15. The SMILES string of the molecule is CC1CCCN(C(=O)C2Cc3cc(Br)ccc3N2c2cccnn2)C1. The number of rotatable bonds is 2. The van der Waals surface area contributed by atoms with Gasteiger partial charge in [0, 0.05) is 35.9 Å². The number of amides is 1. The van der Waals surface area contributed by atoms with E-state index in [4.69, 9.17) is 0 Å². The van der Waals surface area contributed by atoms with Crippen molar-refractivity contribution in [3.05, 3.63) is 46.6 Å². The highest BCUT2D eigenvalue weighted by atomic mass is 79.9. The van der Waals surface area contributed by atoms with E-state index in [1.165, 1.54) is 12.0 Å². The first-order valence-corrected chi connectivity index (χ1v) is 9.57. The molecule has 2 aliphatic heterocycles. The number of anilines is 2. The van der Waals surface area contributed by atoms with Crippen molar-refractivity contribution in [2.24, 2.45) is 5.92 Å². The number of benzene rings is 1. The van der Waals surface area contributed by atoms with E-state index in [0.29, 0.717) is 12.3 Å². The number of piperidine rings is 1. The van der Waals surface area contributed by atoms with E-state index in [9.17, 15) is 4.79 Å². The Morgan fingerprint density at radius 2 is 2.20 bits per heavy atom. The highest BCUT2D eigenvalue weighted by Gasteiger charge is 2.39. The number of nitrogens with zero attached hydrogens (tertiary/aromatic N) is 4. The molecule has 1 saturated heterocycles. The minimum Gasteiger partial charge on any atom is -0.341 e. The van der Waals surface area contributed by atoms with Gasteiger partial charge in [-0.1, -0.05) is 22.9 Å². The van der Waals surface area contributed by atoms with Gasteiger partial charge in [-0.05, 0) is 54.7 Å². The number of hydrogen-bond donors (Lipinski definition) is 0. The Labute approximate surface area is 156 Å². The van der Waals surface area contributed by atoms with E-state index in [2.05, 4.69) is 50.1 Å². The largest absolute Gasteiger partial charge is 0.341 e. The van der Waals surface area contributed by atoms with Crippen LogP contribution in [0.5, 0.6) is 0 Å². The second kappa shape index (κ2) is 6.75. The summed E-state index contributed by atoms with van der Waals surface area (Å²) in [6.07, 6.45) is 4.65. The molecule has 4 rings (SSSR count). The van der Waals surface area contributed by atoms with Crippen molar-refractivity contribution in [1.82, 2.24) is 15.1 Å². The van der Waals surface area contributed by atoms with Gasteiger partial charge in [-0.25, -0.2) is 0 Å². The summed E-state index contributed by atoms with van der Waals surface area (Å²) in [5, 5.41) is 8.28. The van der Waals surface area contributed by atoms with E-state index < -0.39 is 0 Å². The predicted octanol–water partition coefficient (Wildman–Crippen LogP) is 3.56. The zero-order valence-corrected chi connectivity index (χ0v) is 15.8. The highest BCUT2D eigenvalue weighted by molar-refractivity contribution is 9.10. The molecule has 1 aromatic heterocycles. The molecule has 2 atom stereocenters. The van der Waals surface area contributed by atoms with Gasteiger partial charge >= 0.3 is 0 Å². The quantitative estimate of drug-likeness (QED) is 0.772. The monoisotopic (exact) mass is 400 g/mol. The minimum atomic E-state index is -0.244. The maximum Gasteiger partial charge on any atom is 0.246 e. The van der Waals surface area contributed by atoms with E-state index >= 15 is 0 Å². The molecule has 0 N–H and O–H groups in total.